The zero-order valence-corrected chi connectivity index (χ0v) is 23.6. The van der Waals surface area contributed by atoms with Crippen molar-refractivity contribution in [2.45, 2.75) is 26.2 Å². The smallest absolute Gasteiger partial charge is 0.411 e. The average molecular weight is 578 g/mol. The van der Waals surface area contributed by atoms with Crippen LogP contribution in [-0.4, -0.2) is 58.0 Å². The Balaban J connectivity index is 1.62. The number of fused-ring (bicyclic) bond motifs is 1. The van der Waals surface area contributed by atoms with Crippen LogP contribution in [0.1, 0.15) is 36.8 Å². The third-order valence-corrected chi connectivity index (χ3v) is 6.53. The lowest BCUT2D eigenvalue weighted by Crippen LogP contribution is -2.22. The number of hydrogen-bond donors (Lipinski definition) is 2. The fraction of sp³-hybridized carbons (Fsp3) is 0.308. The highest BCUT2D eigenvalue weighted by Crippen LogP contribution is 2.36. The number of benzene rings is 2. The first-order chi connectivity index (χ1) is 18.0. The van der Waals surface area contributed by atoms with Crippen molar-refractivity contribution in [3.05, 3.63) is 78.9 Å². The highest BCUT2D eigenvalue weighted by atomic mass is 35.5. The highest BCUT2D eigenvalue weighted by molar-refractivity contribution is 6.40. The van der Waals surface area contributed by atoms with Crippen molar-refractivity contribution in [1.82, 2.24) is 24.6 Å². The Bertz CT molecular complexity index is 1460. The van der Waals surface area contributed by atoms with E-state index in [1.807, 2.05) is 45.0 Å². The van der Waals surface area contributed by atoms with Gasteiger partial charge in [0.15, 0.2) is 5.82 Å². The van der Waals surface area contributed by atoms with Gasteiger partial charge in [-0.1, -0.05) is 60.8 Å². The van der Waals surface area contributed by atoms with Crippen LogP contribution in [0.3, 0.4) is 0 Å². The fourth-order valence-electron chi connectivity index (χ4n) is 3.87. The van der Waals surface area contributed by atoms with Gasteiger partial charge in [0.25, 0.3) is 5.56 Å². The van der Waals surface area contributed by atoms with E-state index in [4.69, 9.17) is 44.5 Å². The molecule has 0 fully saturated rings. The molecule has 2 aliphatic rings. The molecule has 1 amide bonds. The number of nitrogens with zero attached hydrogens (tertiary/aromatic N) is 4. The molecule has 0 bridgehead atoms. The molecule has 0 spiro atoms. The van der Waals surface area contributed by atoms with E-state index in [0.29, 0.717) is 68.9 Å². The topological polar surface area (TPSA) is 105 Å². The lowest BCUT2D eigenvalue weighted by Gasteiger charge is -2.12. The summed E-state index contributed by atoms with van der Waals surface area (Å²) in [5, 5.41) is 6.93. The number of rotatable bonds is 8. The highest BCUT2D eigenvalue weighted by Gasteiger charge is 2.27. The number of anilines is 1. The summed E-state index contributed by atoms with van der Waals surface area (Å²) in [4.78, 5) is 36.0. The molecule has 0 radical (unpaired) electrons. The summed E-state index contributed by atoms with van der Waals surface area (Å²) in [6.45, 7) is 4.84. The zero-order valence-electron chi connectivity index (χ0n) is 21.3. The second kappa shape index (κ2) is 11.7. The van der Waals surface area contributed by atoms with E-state index in [0.717, 1.165) is 5.56 Å². The van der Waals surface area contributed by atoms with Crippen LogP contribution in [0, 0.1) is 0 Å². The molecular weight excluding hydrogens is 551 g/mol. The number of aromatic amines is 1. The molecule has 2 N–H and O–H groups in total. The summed E-state index contributed by atoms with van der Waals surface area (Å²) in [5.41, 5.74) is 2.52. The van der Waals surface area contributed by atoms with Gasteiger partial charge >= 0.3 is 6.09 Å². The average Bonchev–Trinajstić information content (AvgIpc) is 3.19. The van der Waals surface area contributed by atoms with Gasteiger partial charge in [0, 0.05) is 23.7 Å². The van der Waals surface area contributed by atoms with E-state index in [9.17, 15) is 9.59 Å². The summed E-state index contributed by atoms with van der Waals surface area (Å²) in [7, 11) is 3.80. The predicted molar refractivity (Wildman–Crippen MR) is 150 cm³/mol. The summed E-state index contributed by atoms with van der Waals surface area (Å²) < 4.78 is 6.75. The van der Waals surface area contributed by atoms with Gasteiger partial charge in [0.05, 0.1) is 15.7 Å². The molecule has 0 aromatic heterocycles. The molecule has 2 aromatic rings. The minimum absolute atomic E-state index is 0.0135. The van der Waals surface area contributed by atoms with E-state index in [1.165, 1.54) is 0 Å². The maximum absolute atomic E-state index is 13.2. The number of halogens is 3. The van der Waals surface area contributed by atoms with E-state index in [2.05, 4.69) is 15.4 Å². The summed E-state index contributed by atoms with van der Waals surface area (Å²) in [6.07, 6.45) is -0.231. The van der Waals surface area contributed by atoms with Crippen molar-refractivity contribution in [3.63, 3.8) is 0 Å². The third-order valence-electron chi connectivity index (χ3n) is 5.73. The first-order valence-corrected chi connectivity index (χ1v) is 13.0. The van der Waals surface area contributed by atoms with Crippen LogP contribution in [0.4, 0.5) is 10.5 Å². The Hall–Kier alpha value is -3.11. The summed E-state index contributed by atoms with van der Waals surface area (Å²) in [6, 6.07) is 10.3. The lowest BCUT2D eigenvalue weighted by molar-refractivity contribution is 0.151. The van der Waals surface area contributed by atoms with Crippen molar-refractivity contribution >= 4 is 46.6 Å². The van der Waals surface area contributed by atoms with E-state index in [-0.39, 0.29) is 5.92 Å². The van der Waals surface area contributed by atoms with Crippen molar-refractivity contribution < 1.29 is 9.53 Å². The van der Waals surface area contributed by atoms with Gasteiger partial charge in [-0.05, 0) is 49.8 Å². The number of ether oxygens (including phenoxy) is 1. The maximum Gasteiger partial charge on any atom is 0.411 e. The monoisotopic (exact) mass is 576 g/mol. The number of hydrogen-bond acceptors (Lipinski definition) is 6. The molecule has 9 nitrogen and oxygen atoms in total. The number of amides is 1. The second-order valence-electron chi connectivity index (χ2n) is 9.32. The normalized spacial score (nSPS) is 11.5. The molecule has 12 heteroatoms. The predicted octanol–water partition coefficient (Wildman–Crippen LogP) is 5.84. The zero-order chi connectivity index (χ0) is 27.6. The standard InChI is InChI=1S/C26H27Cl3N6O3/c1-14(2)22-21-24(35(33-22)23-18(28)12-16(27)13-19(23)29)31-20(32-25(21)36)11-15-5-7-17(8-6-15)30-26(37)38-10-9-34(3)4/h5-8,12-14,33H,9-11H2,1-4H3,(H,30,37). The second-order valence-corrected chi connectivity index (χ2v) is 10.6. The molecule has 2 aliphatic heterocycles. The van der Waals surface area contributed by atoms with Gasteiger partial charge in [-0.15, -0.1) is 0 Å². The third kappa shape index (κ3) is 6.30. The maximum atomic E-state index is 13.2. The quantitative estimate of drug-likeness (QED) is 0.272. The van der Waals surface area contributed by atoms with E-state index >= 15 is 0 Å². The van der Waals surface area contributed by atoms with Gasteiger partial charge in [-0.25, -0.2) is 14.5 Å². The molecule has 0 saturated heterocycles. The van der Waals surface area contributed by atoms with Crippen LogP contribution in [0.2, 0.25) is 15.1 Å². The number of carbonyl (C=O) groups excluding carboxylic acids is 1. The summed E-state index contributed by atoms with van der Waals surface area (Å²) >= 11 is 19.1. The Morgan fingerprint density at radius 3 is 2.37 bits per heavy atom. The lowest BCUT2D eigenvalue weighted by atomic mass is 10.1. The minimum Gasteiger partial charge on any atom is -0.448 e. The largest absolute Gasteiger partial charge is 0.448 e. The van der Waals surface area contributed by atoms with Crippen molar-refractivity contribution in [1.29, 1.82) is 0 Å². The SMILES string of the molecule is CC(C)c1[nH]n(-c2c(Cl)cc(Cl)cc2Cl)c2nc(Cc3ccc(NC(=O)OCCN(C)C)cc3)nc(=O)c1-2. The fourth-order valence-corrected chi connectivity index (χ4v) is 4.85. The molecule has 4 rings (SSSR count). The number of likely N-dealkylation sites (N-methyl/N-ethyl adjacent to an activating group) is 1. The van der Waals surface area contributed by atoms with Crippen LogP contribution >= 0.6 is 34.8 Å². The molecule has 0 unspecified atom stereocenters. The molecule has 2 heterocycles. The van der Waals surface area contributed by atoms with Crippen LogP contribution in [0.5, 0.6) is 0 Å². The van der Waals surface area contributed by atoms with Gasteiger partial charge in [-0.2, -0.15) is 4.98 Å². The van der Waals surface area contributed by atoms with E-state index in [1.54, 1.807) is 28.9 Å². The Morgan fingerprint density at radius 2 is 1.76 bits per heavy atom. The van der Waals surface area contributed by atoms with Crippen LogP contribution in [-0.2, 0) is 11.2 Å². The number of nitrogens with one attached hydrogen (secondary N) is 2. The van der Waals surface area contributed by atoms with Gasteiger partial charge < -0.3 is 9.64 Å². The van der Waals surface area contributed by atoms with E-state index < -0.39 is 11.7 Å². The molecule has 2 aromatic carbocycles. The number of carbonyl (C=O) groups is 1. The minimum atomic E-state index is -0.526. The van der Waals surface area contributed by atoms with Crippen molar-refractivity contribution in [2.75, 3.05) is 32.6 Å². The first kappa shape index (κ1) is 27.9. The molecule has 0 aliphatic carbocycles. The Labute approximate surface area is 235 Å². The molecule has 0 saturated carbocycles. The van der Waals surface area contributed by atoms with Crippen LogP contribution < -0.4 is 10.9 Å². The number of aromatic nitrogens is 4. The molecule has 38 heavy (non-hydrogen) atoms. The van der Waals surface area contributed by atoms with Gasteiger partial charge in [-0.3, -0.25) is 15.2 Å². The first-order valence-electron chi connectivity index (χ1n) is 11.9. The van der Waals surface area contributed by atoms with Gasteiger partial charge in [0.1, 0.15) is 23.7 Å². The Kier molecular flexibility index (Phi) is 8.62. The van der Waals surface area contributed by atoms with Crippen LogP contribution in [0.25, 0.3) is 17.1 Å². The van der Waals surface area contributed by atoms with Crippen molar-refractivity contribution in [2.24, 2.45) is 0 Å². The molecule has 0 atom stereocenters. The number of H-pyrrole nitrogens is 1. The Morgan fingerprint density at radius 1 is 1.11 bits per heavy atom. The van der Waals surface area contributed by atoms with Crippen LogP contribution in [0.15, 0.2) is 41.2 Å². The molecular formula is C26H27Cl3N6O3. The van der Waals surface area contributed by atoms with Gasteiger partial charge in [0.2, 0.25) is 0 Å². The molecule has 200 valence electrons. The van der Waals surface area contributed by atoms with Crippen molar-refractivity contribution in [3.8, 4) is 17.1 Å². The summed E-state index contributed by atoms with van der Waals surface area (Å²) in [5.74, 6) is 0.685.